The number of carbonyl (C=O) groups excluding carboxylic acids is 2. The van der Waals surface area contributed by atoms with Crippen LogP contribution in [0.1, 0.15) is 51.4 Å². The van der Waals surface area contributed by atoms with E-state index in [1.54, 1.807) is 21.6 Å². The molecule has 41 heavy (non-hydrogen) atoms. The van der Waals surface area contributed by atoms with Crippen molar-refractivity contribution in [2.75, 3.05) is 50.9 Å². The molecule has 2 heterocycles. The largest absolute Gasteiger partial charge is 0.472 e. The van der Waals surface area contributed by atoms with E-state index in [0.717, 1.165) is 24.3 Å². The van der Waals surface area contributed by atoms with Crippen molar-refractivity contribution < 1.29 is 52.1 Å². The molecule has 8 N–H and O–H groups in total. The third-order valence-corrected chi connectivity index (χ3v) is 10.6. The minimum Gasteiger partial charge on any atom is -0.391 e. The number of carbonyl (C=O) groups is 2. The van der Waals surface area contributed by atoms with Crippen LogP contribution >= 0.6 is 37.2 Å². The van der Waals surface area contributed by atoms with E-state index in [-0.39, 0.29) is 57.2 Å². The van der Waals surface area contributed by atoms with Gasteiger partial charge in [-0.1, -0.05) is 28.0 Å². The molecule has 0 aromatic carbocycles. The maximum Gasteiger partial charge on any atom is 0.472 e. The van der Waals surface area contributed by atoms with E-state index in [2.05, 4.69) is 4.52 Å². The maximum absolute atomic E-state index is 12.8. The van der Waals surface area contributed by atoms with Gasteiger partial charge < -0.3 is 41.1 Å². The molecule has 0 radical (unpaired) electrons. The highest BCUT2D eigenvalue weighted by Gasteiger charge is 2.41. The van der Waals surface area contributed by atoms with E-state index >= 15 is 0 Å². The molecule has 5 atom stereocenters. The first-order chi connectivity index (χ1) is 19.3. The Kier molecular flexibility index (Phi) is 16.7. The third kappa shape index (κ3) is 14.4. The highest BCUT2D eigenvalue weighted by molar-refractivity contribution is 8.76. The standard InChI is InChI=1S/C22H44N4O11P2S2/c23-7-3-1-2-5-21(28)26-14-20(12-18(26)15-35-38(30,31)32)37-39(33,34)36-16-17-11-19(27)13-25(17)22(29)6-4-9-40-41-10-8-24/h17-20,27H,1-16,23-24H2,(H,33,34)(H2,30,31,32)/t17-,18-,19+,20+/m0/s1. The number of nitrogens with two attached hydrogens (primary N) is 2. The summed E-state index contributed by atoms with van der Waals surface area (Å²) >= 11 is 0. The van der Waals surface area contributed by atoms with Gasteiger partial charge in [-0.05, 0) is 38.6 Å². The molecule has 0 saturated carbocycles. The van der Waals surface area contributed by atoms with Gasteiger partial charge >= 0.3 is 15.6 Å². The Hall–Kier alpha value is -0.260. The number of phosphoric ester groups is 2. The fraction of sp³-hybridized carbons (Fsp3) is 0.909. The highest BCUT2D eigenvalue weighted by Crippen LogP contribution is 2.47. The first kappa shape index (κ1) is 36.9. The van der Waals surface area contributed by atoms with Crippen LogP contribution in [0.25, 0.3) is 0 Å². The number of rotatable bonds is 20. The molecule has 0 aliphatic carbocycles. The van der Waals surface area contributed by atoms with E-state index in [0.29, 0.717) is 25.9 Å². The summed E-state index contributed by atoms with van der Waals surface area (Å²) in [6.45, 7) is 0.284. The highest BCUT2D eigenvalue weighted by atomic mass is 33.1. The summed E-state index contributed by atoms with van der Waals surface area (Å²) < 4.78 is 39.1. The van der Waals surface area contributed by atoms with Gasteiger partial charge in [-0.2, -0.15) is 0 Å². The first-order valence-corrected chi connectivity index (χ1v) is 19.1. The lowest BCUT2D eigenvalue weighted by Crippen LogP contribution is -2.38. The van der Waals surface area contributed by atoms with Gasteiger partial charge in [0.1, 0.15) is 0 Å². The van der Waals surface area contributed by atoms with Crippen LogP contribution in [0.15, 0.2) is 0 Å². The molecule has 0 aromatic heterocycles. The number of β-amino-alcohol motifs (C(OH)–C–C–N with tert-alkyl or cyclic N) is 1. The van der Waals surface area contributed by atoms with Crippen LogP contribution in [0.5, 0.6) is 0 Å². The number of phosphoric acid groups is 2. The average Bonchev–Trinajstić information content (AvgIpc) is 3.48. The van der Waals surface area contributed by atoms with Gasteiger partial charge in [0.05, 0.1) is 37.5 Å². The number of aliphatic hydroxyl groups is 1. The number of hydrogen-bond donors (Lipinski definition) is 6. The van der Waals surface area contributed by atoms with E-state index in [1.807, 2.05) is 0 Å². The number of aliphatic hydroxyl groups excluding tert-OH is 1. The van der Waals surface area contributed by atoms with Crippen LogP contribution in [0.4, 0.5) is 0 Å². The van der Waals surface area contributed by atoms with Crippen LogP contribution in [0.3, 0.4) is 0 Å². The molecule has 2 fully saturated rings. The summed E-state index contributed by atoms with van der Waals surface area (Å²) in [5.74, 6) is 1.11. The molecule has 0 spiro atoms. The number of hydrogen-bond acceptors (Lipinski definition) is 12. The van der Waals surface area contributed by atoms with Crippen molar-refractivity contribution in [2.45, 2.75) is 75.7 Å². The van der Waals surface area contributed by atoms with Crippen LogP contribution in [0, 0.1) is 0 Å². The molecule has 0 bridgehead atoms. The molecular weight excluding hydrogens is 622 g/mol. The second kappa shape index (κ2) is 18.5. The Morgan fingerprint density at radius 2 is 1.41 bits per heavy atom. The molecule has 1 unspecified atom stereocenters. The van der Waals surface area contributed by atoms with Crippen LogP contribution in [0.2, 0.25) is 0 Å². The third-order valence-electron chi connectivity index (χ3n) is 6.55. The predicted octanol–water partition coefficient (Wildman–Crippen LogP) is 0.800. The summed E-state index contributed by atoms with van der Waals surface area (Å²) in [7, 11) is -6.19. The van der Waals surface area contributed by atoms with Crippen molar-refractivity contribution in [2.24, 2.45) is 11.5 Å². The second-order valence-electron chi connectivity index (χ2n) is 9.94. The number of amides is 2. The van der Waals surface area contributed by atoms with Crippen molar-refractivity contribution >= 4 is 49.0 Å². The molecule has 0 aromatic rings. The molecule has 15 nitrogen and oxygen atoms in total. The fourth-order valence-electron chi connectivity index (χ4n) is 4.68. The SMILES string of the molecule is NCCCCCC(=O)N1C[C@H](OP(=O)(O)OC[C@@H]2C[C@@H](O)CN2C(=O)CCCSSCCN)C[C@H]1COP(=O)(O)O. The van der Waals surface area contributed by atoms with Crippen molar-refractivity contribution in [3.8, 4) is 0 Å². The maximum atomic E-state index is 12.8. The lowest BCUT2D eigenvalue weighted by Gasteiger charge is -2.25. The monoisotopic (exact) mass is 666 g/mol. The van der Waals surface area contributed by atoms with Gasteiger partial charge in [0.15, 0.2) is 0 Å². The summed E-state index contributed by atoms with van der Waals surface area (Å²) in [6, 6.07) is -1.39. The van der Waals surface area contributed by atoms with Crippen molar-refractivity contribution in [1.82, 2.24) is 9.80 Å². The van der Waals surface area contributed by atoms with E-state index < -0.39 is 46.5 Å². The minimum atomic E-state index is -4.80. The molecule has 240 valence electrons. The zero-order valence-electron chi connectivity index (χ0n) is 23.0. The molecule has 2 rings (SSSR count). The normalized spacial score (nSPS) is 24.6. The Morgan fingerprint density at radius 1 is 0.805 bits per heavy atom. The summed E-state index contributed by atoms with van der Waals surface area (Å²) in [4.78, 5) is 56.9. The van der Waals surface area contributed by atoms with Gasteiger partial charge in [-0.3, -0.25) is 23.2 Å². The van der Waals surface area contributed by atoms with Gasteiger partial charge in [-0.15, -0.1) is 0 Å². The number of likely N-dealkylation sites (tertiary alicyclic amines) is 2. The summed E-state index contributed by atoms with van der Waals surface area (Å²) in [5, 5.41) is 10.1. The Morgan fingerprint density at radius 3 is 2.07 bits per heavy atom. The lowest BCUT2D eigenvalue weighted by molar-refractivity contribution is -0.133. The van der Waals surface area contributed by atoms with Crippen LogP contribution in [-0.4, -0.2) is 117 Å². The van der Waals surface area contributed by atoms with E-state index in [1.165, 1.54) is 9.80 Å². The average molecular weight is 667 g/mol. The van der Waals surface area contributed by atoms with Gasteiger partial charge in [-0.25, -0.2) is 9.13 Å². The molecular formula is C22H44N4O11P2S2. The Bertz CT molecular complexity index is 919. The Labute approximate surface area is 248 Å². The molecule has 2 amide bonds. The summed E-state index contributed by atoms with van der Waals surface area (Å²) in [6.07, 6.45) is 1.58. The number of nitrogens with zero attached hydrogens (tertiary/aromatic N) is 2. The second-order valence-corrected chi connectivity index (χ2v) is 15.3. The van der Waals surface area contributed by atoms with Gasteiger partial charge in [0.25, 0.3) is 0 Å². The minimum absolute atomic E-state index is 0.00319. The molecule has 2 aliphatic heterocycles. The lowest BCUT2D eigenvalue weighted by atomic mass is 10.1. The zero-order chi connectivity index (χ0) is 30.5. The van der Waals surface area contributed by atoms with Gasteiger partial charge in [0, 0.05) is 44.0 Å². The van der Waals surface area contributed by atoms with E-state index in [9.17, 15) is 28.7 Å². The molecule has 2 aliphatic rings. The van der Waals surface area contributed by atoms with Crippen molar-refractivity contribution in [1.29, 1.82) is 0 Å². The predicted molar refractivity (Wildman–Crippen MR) is 156 cm³/mol. The Balaban J connectivity index is 1.90. The smallest absolute Gasteiger partial charge is 0.391 e. The quantitative estimate of drug-likeness (QED) is 0.0599. The van der Waals surface area contributed by atoms with E-state index in [4.69, 9.17) is 30.3 Å². The van der Waals surface area contributed by atoms with Crippen molar-refractivity contribution in [3.63, 3.8) is 0 Å². The van der Waals surface area contributed by atoms with Crippen LogP contribution in [-0.2, 0) is 32.3 Å². The fourth-order valence-corrected chi connectivity index (χ4v) is 7.94. The van der Waals surface area contributed by atoms with Crippen molar-refractivity contribution in [3.05, 3.63) is 0 Å². The molecule has 19 heteroatoms. The summed E-state index contributed by atoms with van der Waals surface area (Å²) in [5.41, 5.74) is 10.9. The van der Waals surface area contributed by atoms with Crippen LogP contribution < -0.4 is 11.5 Å². The zero-order valence-corrected chi connectivity index (χ0v) is 26.5. The first-order valence-electron chi connectivity index (χ1n) is 13.6. The molecule has 2 saturated heterocycles. The topological polar surface area (TPSA) is 235 Å². The number of unbranched alkanes of at least 4 members (excludes halogenated alkanes) is 2. The van der Waals surface area contributed by atoms with Gasteiger partial charge in [0.2, 0.25) is 11.8 Å².